The lowest BCUT2D eigenvalue weighted by molar-refractivity contribution is -0.137. The van der Waals surface area contributed by atoms with Crippen molar-refractivity contribution in [2.45, 2.75) is 12.2 Å². The maximum atomic E-state index is 12.6. The van der Waals surface area contributed by atoms with Crippen LogP contribution in [0.5, 0.6) is 0 Å². The molecule has 1 unspecified atom stereocenters. The number of halogens is 3. The largest absolute Gasteiger partial charge is 0.416 e. The standard InChI is InChI=1S/C11H15F3N2O/c1-16(2)10-4-3-7(11(12,13)14)5-8(10)9(15)6-17/h3-5,9,17H,6,15H2,1-2H3. The number of aliphatic hydroxyl groups excluding tert-OH is 1. The number of hydrogen-bond acceptors (Lipinski definition) is 3. The van der Waals surface area contributed by atoms with Crippen LogP contribution >= 0.6 is 0 Å². The molecule has 3 nitrogen and oxygen atoms in total. The highest BCUT2D eigenvalue weighted by Crippen LogP contribution is 2.34. The van der Waals surface area contributed by atoms with E-state index in [9.17, 15) is 13.2 Å². The van der Waals surface area contributed by atoms with Gasteiger partial charge in [-0.25, -0.2) is 0 Å². The molecule has 0 aromatic heterocycles. The first kappa shape index (κ1) is 13.8. The Bertz CT molecular complexity index is 391. The molecule has 0 aliphatic rings. The van der Waals surface area contributed by atoms with Gasteiger partial charge in [0.15, 0.2) is 0 Å². The first-order valence-electron chi connectivity index (χ1n) is 5.02. The van der Waals surface area contributed by atoms with Gasteiger partial charge in [0.2, 0.25) is 0 Å². The molecule has 0 bridgehead atoms. The molecule has 6 heteroatoms. The minimum atomic E-state index is -4.41. The minimum absolute atomic E-state index is 0.285. The first-order chi connectivity index (χ1) is 7.77. The highest BCUT2D eigenvalue weighted by atomic mass is 19.4. The smallest absolute Gasteiger partial charge is 0.394 e. The molecule has 1 atom stereocenters. The molecule has 1 aromatic carbocycles. The van der Waals surface area contributed by atoms with E-state index in [-0.39, 0.29) is 5.56 Å². The van der Waals surface area contributed by atoms with Crippen LogP contribution in [-0.4, -0.2) is 25.8 Å². The van der Waals surface area contributed by atoms with Gasteiger partial charge in [-0.15, -0.1) is 0 Å². The summed E-state index contributed by atoms with van der Waals surface area (Å²) in [6.07, 6.45) is -4.41. The topological polar surface area (TPSA) is 49.5 Å². The monoisotopic (exact) mass is 248 g/mol. The van der Waals surface area contributed by atoms with Crippen molar-refractivity contribution in [1.29, 1.82) is 0 Å². The molecule has 96 valence electrons. The average Bonchev–Trinajstić information content (AvgIpc) is 2.25. The van der Waals surface area contributed by atoms with E-state index in [2.05, 4.69) is 0 Å². The second kappa shape index (κ2) is 4.93. The number of hydrogen-bond donors (Lipinski definition) is 2. The van der Waals surface area contributed by atoms with E-state index in [1.54, 1.807) is 19.0 Å². The molecule has 0 saturated heterocycles. The molecule has 3 N–H and O–H groups in total. The second-order valence-electron chi connectivity index (χ2n) is 3.95. The van der Waals surface area contributed by atoms with Gasteiger partial charge in [-0.2, -0.15) is 13.2 Å². The zero-order chi connectivity index (χ0) is 13.2. The summed E-state index contributed by atoms with van der Waals surface area (Å²) >= 11 is 0. The Kier molecular flexibility index (Phi) is 4.00. The third-order valence-corrected chi connectivity index (χ3v) is 2.43. The highest BCUT2D eigenvalue weighted by Gasteiger charge is 2.31. The first-order valence-corrected chi connectivity index (χ1v) is 5.02. The third-order valence-electron chi connectivity index (χ3n) is 2.43. The predicted octanol–water partition coefficient (Wildman–Crippen LogP) is 1.76. The van der Waals surface area contributed by atoms with Crippen LogP contribution < -0.4 is 10.6 Å². The number of anilines is 1. The Hall–Kier alpha value is -1.27. The van der Waals surface area contributed by atoms with E-state index in [1.165, 1.54) is 6.07 Å². The summed E-state index contributed by atoms with van der Waals surface area (Å²) in [5.74, 6) is 0. The summed E-state index contributed by atoms with van der Waals surface area (Å²) in [6, 6.07) is 2.52. The average molecular weight is 248 g/mol. The van der Waals surface area contributed by atoms with E-state index >= 15 is 0 Å². The third kappa shape index (κ3) is 3.10. The maximum absolute atomic E-state index is 12.6. The lowest BCUT2D eigenvalue weighted by Crippen LogP contribution is -2.21. The molecule has 0 fully saturated rings. The van der Waals surface area contributed by atoms with Crippen LogP contribution in [0.3, 0.4) is 0 Å². The lowest BCUT2D eigenvalue weighted by atomic mass is 10.0. The Labute approximate surface area is 97.6 Å². The van der Waals surface area contributed by atoms with Gasteiger partial charge < -0.3 is 15.7 Å². The van der Waals surface area contributed by atoms with Gasteiger partial charge in [0, 0.05) is 19.8 Å². The number of nitrogens with zero attached hydrogens (tertiary/aromatic N) is 1. The maximum Gasteiger partial charge on any atom is 0.416 e. The fourth-order valence-corrected chi connectivity index (χ4v) is 1.53. The zero-order valence-electron chi connectivity index (χ0n) is 9.62. The summed E-state index contributed by atoms with van der Waals surface area (Å²) in [5, 5.41) is 8.96. The molecule has 0 spiro atoms. The second-order valence-corrected chi connectivity index (χ2v) is 3.95. The van der Waals surface area contributed by atoms with E-state index < -0.39 is 24.4 Å². The van der Waals surface area contributed by atoms with Gasteiger partial charge in [0.25, 0.3) is 0 Å². The van der Waals surface area contributed by atoms with Crippen molar-refractivity contribution >= 4 is 5.69 Å². The fraction of sp³-hybridized carbons (Fsp3) is 0.455. The molecule has 0 amide bonds. The van der Waals surface area contributed by atoms with Gasteiger partial charge >= 0.3 is 6.18 Å². The van der Waals surface area contributed by atoms with Crippen molar-refractivity contribution in [2.75, 3.05) is 25.6 Å². The van der Waals surface area contributed by atoms with Crippen LogP contribution in [0.4, 0.5) is 18.9 Å². The van der Waals surface area contributed by atoms with E-state index in [0.717, 1.165) is 12.1 Å². The van der Waals surface area contributed by atoms with E-state index in [1.807, 2.05) is 0 Å². The summed E-state index contributed by atoms with van der Waals surface area (Å²) in [6.45, 7) is -0.401. The normalized spacial score (nSPS) is 13.6. The number of alkyl halides is 3. The van der Waals surface area contributed by atoms with Crippen molar-refractivity contribution in [3.63, 3.8) is 0 Å². The number of aliphatic hydroxyl groups is 1. The van der Waals surface area contributed by atoms with Crippen molar-refractivity contribution in [3.05, 3.63) is 29.3 Å². The number of benzene rings is 1. The van der Waals surface area contributed by atoms with Gasteiger partial charge in [-0.1, -0.05) is 0 Å². The van der Waals surface area contributed by atoms with E-state index in [0.29, 0.717) is 5.69 Å². The van der Waals surface area contributed by atoms with Crippen LogP contribution in [-0.2, 0) is 6.18 Å². The molecule has 17 heavy (non-hydrogen) atoms. The fourth-order valence-electron chi connectivity index (χ4n) is 1.53. The van der Waals surface area contributed by atoms with Crippen molar-refractivity contribution in [3.8, 4) is 0 Å². The zero-order valence-corrected chi connectivity index (χ0v) is 9.62. The Morgan fingerprint density at radius 2 is 1.94 bits per heavy atom. The quantitative estimate of drug-likeness (QED) is 0.857. The summed E-state index contributed by atoms with van der Waals surface area (Å²) in [5.41, 5.74) is 5.69. The molecule has 0 saturated carbocycles. The Morgan fingerprint density at radius 3 is 2.35 bits per heavy atom. The van der Waals surface area contributed by atoms with Crippen LogP contribution in [0.15, 0.2) is 18.2 Å². The molecule has 0 radical (unpaired) electrons. The minimum Gasteiger partial charge on any atom is -0.394 e. The van der Waals surface area contributed by atoms with Gasteiger partial charge in [0.1, 0.15) is 0 Å². The number of rotatable bonds is 3. The van der Waals surface area contributed by atoms with E-state index in [4.69, 9.17) is 10.8 Å². The predicted molar refractivity (Wildman–Crippen MR) is 59.8 cm³/mol. The van der Waals surface area contributed by atoms with Crippen molar-refractivity contribution in [1.82, 2.24) is 0 Å². The lowest BCUT2D eigenvalue weighted by Gasteiger charge is -2.22. The van der Waals surface area contributed by atoms with Crippen LogP contribution in [0.2, 0.25) is 0 Å². The van der Waals surface area contributed by atoms with Gasteiger partial charge in [-0.3, -0.25) is 0 Å². The molecular weight excluding hydrogens is 233 g/mol. The summed E-state index contributed by atoms with van der Waals surface area (Å²) < 4.78 is 37.7. The summed E-state index contributed by atoms with van der Waals surface area (Å²) in [7, 11) is 3.41. The highest BCUT2D eigenvalue weighted by molar-refractivity contribution is 5.55. The molecule has 0 aliphatic heterocycles. The van der Waals surface area contributed by atoms with Gasteiger partial charge in [0.05, 0.1) is 18.2 Å². The SMILES string of the molecule is CN(C)c1ccc(C(F)(F)F)cc1C(N)CO. The summed E-state index contributed by atoms with van der Waals surface area (Å²) in [4.78, 5) is 1.66. The Balaban J connectivity index is 3.29. The van der Waals surface area contributed by atoms with Gasteiger partial charge in [-0.05, 0) is 23.8 Å². The molecule has 1 rings (SSSR count). The molecule has 0 aliphatic carbocycles. The van der Waals surface area contributed by atoms with Crippen molar-refractivity contribution in [2.24, 2.45) is 5.73 Å². The van der Waals surface area contributed by atoms with Crippen molar-refractivity contribution < 1.29 is 18.3 Å². The molecular formula is C11H15F3N2O. The van der Waals surface area contributed by atoms with Crippen LogP contribution in [0.1, 0.15) is 17.2 Å². The molecule has 1 aromatic rings. The molecule has 0 heterocycles. The van der Waals surface area contributed by atoms with Crippen LogP contribution in [0, 0.1) is 0 Å². The number of nitrogens with two attached hydrogens (primary N) is 1. The van der Waals surface area contributed by atoms with Crippen LogP contribution in [0.25, 0.3) is 0 Å². The Morgan fingerprint density at radius 1 is 1.35 bits per heavy atom.